The fourth-order valence-electron chi connectivity index (χ4n) is 1.12. The fourth-order valence-corrected chi connectivity index (χ4v) is 2.17. The van der Waals surface area contributed by atoms with Crippen molar-refractivity contribution in [2.24, 2.45) is 0 Å². The van der Waals surface area contributed by atoms with Crippen molar-refractivity contribution in [2.45, 2.75) is 31.2 Å². The predicted octanol–water partition coefficient (Wildman–Crippen LogP) is 3.35. The minimum absolute atomic E-state index is 0.0549. The monoisotopic (exact) mass is 257 g/mol. The van der Waals surface area contributed by atoms with Gasteiger partial charge in [0.1, 0.15) is 0 Å². The predicted molar refractivity (Wildman–Crippen MR) is 70.1 cm³/mol. The quantitative estimate of drug-likeness (QED) is 0.820. The maximum Gasteiger partial charge on any atom is 0.230 e. The van der Waals surface area contributed by atoms with Gasteiger partial charge < -0.3 is 5.32 Å². The van der Waals surface area contributed by atoms with E-state index in [9.17, 15) is 4.79 Å². The largest absolute Gasteiger partial charge is 0.353 e. The number of nitrogens with one attached hydrogen (secondary N) is 1. The molecule has 0 spiro atoms. The third-order valence-electron chi connectivity index (χ3n) is 2.22. The summed E-state index contributed by atoms with van der Waals surface area (Å²) >= 11 is 7.45. The van der Waals surface area contributed by atoms with Crippen molar-refractivity contribution in [2.75, 3.05) is 5.75 Å². The van der Waals surface area contributed by atoms with E-state index in [4.69, 9.17) is 11.6 Å². The Morgan fingerprint density at radius 3 is 2.81 bits per heavy atom. The van der Waals surface area contributed by atoms with E-state index in [-0.39, 0.29) is 11.9 Å². The Balaban J connectivity index is 2.40. The molecular formula is C12H16ClNOS. The first kappa shape index (κ1) is 13.4. The fraction of sp³-hybridized carbons (Fsp3) is 0.417. The Labute approximate surface area is 106 Å². The van der Waals surface area contributed by atoms with E-state index in [0.29, 0.717) is 10.8 Å². The van der Waals surface area contributed by atoms with Crippen LogP contribution in [0.15, 0.2) is 29.2 Å². The van der Waals surface area contributed by atoms with E-state index >= 15 is 0 Å². The van der Waals surface area contributed by atoms with Gasteiger partial charge in [-0.1, -0.05) is 30.7 Å². The molecule has 2 nitrogen and oxygen atoms in total. The smallest absolute Gasteiger partial charge is 0.230 e. The second-order valence-corrected chi connectivity index (χ2v) is 5.02. The molecule has 0 bridgehead atoms. The molecule has 0 saturated heterocycles. The Morgan fingerprint density at radius 1 is 1.50 bits per heavy atom. The Hall–Kier alpha value is -0.670. The first-order valence-electron chi connectivity index (χ1n) is 5.30. The summed E-state index contributed by atoms with van der Waals surface area (Å²) in [7, 11) is 0. The standard InChI is InChI=1S/C12H16ClNOS/c1-3-9(2)14-12(15)8-16-11-7-5-4-6-10(11)13/h4-7,9H,3,8H2,1-2H3,(H,14,15)/t9-/m0/s1. The zero-order valence-corrected chi connectivity index (χ0v) is 11.1. The first-order valence-corrected chi connectivity index (χ1v) is 6.66. The van der Waals surface area contributed by atoms with Crippen molar-refractivity contribution in [1.82, 2.24) is 5.32 Å². The zero-order chi connectivity index (χ0) is 12.0. The van der Waals surface area contributed by atoms with Crippen LogP contribution < -0.4 is 5.32 Å². The van der Waals surface area contributed by atoms with Crippen molar-refractivity contribution in [3.8, 4) is 0 Å². The van der Waals surface area contributed by atoms with E-state index in [0.717, 1.165) is 11.3 Å². The molecule has 0 radical (unpaired) electrons. The van der Waals surface area contributed by atoms with Crippen molar-refractivity contribution in [1.29, 1.82) is 0 Å². The molecule has 1 aromatic rings. The molecule has 1 rings (SSSR count). The summed E-state index contributed by atoms with van der Waals surface area (Å²) in [4.78, 5) is 12.5. The summed E-state index contributed by atoms with van der Waals surface area (Å²) in [5.74, 6) is 0.466. The van der Waals surface area contributed by atoms with Crippen molar-refractivity contribution >= 4 is 29.3 Å². The maximum atomic E-state index is 11.5. The summed E-state index contributed by atoms with van der Waals surface area (Å²) in [6.45, 7) is 4.05. The molecule has 1 atom stereocenters. The molecule has 0 heterocycles. The van der Waals surface area contributed by atoms with Gasteiger partial charge in [-0.25, -0.2) is 0 Å². The first-order chi connectivity index (χ1) is 7.63. The van der Waals surface area contributed by atoms with Crippen molar-refractivity contribution in [3.05, 3.63) is 29.3 Å². The van der Waals surface area contributed by atoms with Gasteiger partial charge in [-0.3, -0.25) is 4.79 Å². The summed E-state index contributed by atoms with van der Waals surface area (Å²) in [6.07, 6.45) is 0.947. The molecule has 1 N–H and O–H groups in total. The molecule has 1 aromatic carbocycles. The third kappa shape index (κ3) is 4.45. The highest BCUT2D eigenvalue weighted by Gasteiger charge is 2.07. The van der Waals surface area contributed by atoms with Crippen LogP contribution in [0.25, 0.3) is 0 Å². The van der Waals surface area contributed by atoms with Crippen molar-refractivity contribution < 1.29 is 4.79 Å². The number of carbonyl (C=O) groups is 1. The van der Waals surface area contributed by atoms with Gasteiger partial charge in [0.2, 0.25) is 5.91 Å². The van der Waals surface area contributed by atoms with E-state index in [1.807, 2.05) is 38.1 Å². The Bertz CT molecular complexity index is 357. The van der Waals surface area contributed by atoms with Gasteiger partial charge >= 0.3 is 0 Å². The number of amides is 1. The molecule has 0 aliphatic carbocycles. The lowest BCUT2D eigenvalue weighted by Gasteiger charge is -2.11. The summed E-state index contributed by atoms with van der Waals surface area (Å²) in [6, 6.07) is 7.78. The average Bonchev–Trinajstić information content (AvgIpc) is 2.28. The number of hydrogen-bond donors (Lipinski definition) is 1. The summed E-state index contributed by atoms with van der Waals surface area (Å²) < 4.78 is 0. The van der Waals surface area contributed by atoms with Gasteiger partial charge in [0.15, 0.2) is 0 Å². The number of thioether (sulfide) groups is 1. The van der Waals surface area contributed by atoms with Crippen LogP contribution >= 0.6 is 23.4 Å². The highest BCUT2D eigenvalue weighted by atomic mass is 35.5. The van der Waals surface area contributed by atoms with Crippen LogP contribution in [-0.2, 0) is 4.79 Å². The minimum atomic E-state index is 0.0549. The van der Waals surface area contributed by atoms with Crippen LogP contribution in [0, 0.1) is 0 Å². The van der Waals surface area contributed by atoms with Gasteiger partial charge in [-0.05, 0) is 25.5 Å². The molecule has 0 aliphatic heterocycles. The van der Waals surface area contributed by atoms with Crippen LogP contribution in [0.4, 0.5) is 0 Å². The van der Waals surface area contributed by atoms with Gasteiger partial charge in [0, 0.05) is 10.9 Å². The van der Waals surface area contributed by atoms with E-state index in [2.05, 4.69) is 5.32 Å². The van der Waals surface area contributed by atoms with Gasteiger partial charge in [-0.2, -0.15) is 0 Å². The number of carbonyl (C=O) groups excluding carboxylic acids is 1. The van der Waals surface area contributed by atoms with E-state index in [1.54, 1.807) is 0 Å². The van der Waals surface area contributed by atoms with Crippen LogP contribution in [0.2, 0.25) is 5.02 Å². The average molecular weight is 258 g/mol. The molecule has 1 amide bonds. The molecule has 0 saturated carbocycles. The topological polar surface area (TPSA) is 29.1 Å². The van der Waals surface area contributed by atoms with Crippen molar-refractivity contribution in [3.63, 3.8) is 0 Å². The Kier molecular flexibility index (Phi) is 5.71. The highest BCUT2D eigenvalue weighted by Crippen LogP contribution is 2.26. The van der Waals surface area contributed by atoms with Gasteiger partial charge in [0.25, 0.3) is 0 Å². The van der Waals surface area contributed by atoms with Crippen LogP contribution in [0.5, 0.6) is 0 Å². The molecule has 0 aromatic heterocycles. The van der Waals surface area contributed by atoms with Crippen LogP contribution in [0.1, 0.15) is 20.3 Å². The number of rotatable bonds is 5. The second-order valence-electron chi connectivity index (χ2n) is 3.60. The maximum absolute atomic E-state index is 11.5. The number of halogens is 1. The number of hydrogen-bond acceptors (Lipinski definition) is 2. The van der Waals surface area contributed by atoms with E-state index < -0.39 is 0 Å². The molecule has 88 valence electrons. The van der Waals surface area contributed by atoms with Crippen LogP contribution in [0.3, 0.4) is 0 Å². The summed E-state index contributed by atoms with van der Waals surface area (Å²) in [5, 5.41) is 3.61. The zero-order valence-electron chi connectivity index (χ0n) is 9.50. The van der Waals surface area contributed by atoms with Crippen LogP contribution in [-0.4, -0.2) is 17.7 Å². The lowest BCUT2D eigenvalue weighted by atomic mass is 10.3. The summed E-state index contributed by atoms with van der Waals surface area (Å²) in [5.41, 5.74) is 0. The van der Waals surface area contributed by atoms with Gasteiger partial charge in [-0.15, -0.1) is 11.8 Å². The minimum Gasteiger partial charge on any atom is -0.353 e. The molecule has 0 fully saturated rings. The molecule has 4 heteroatoms. The Morgan fingerprint density at radius 2 is 2.19 bits per heavy atom. The van der Waals surface area contributed by atoms with Gasteiger partial charge in [0.05, 0.1) is 10.8 Å². The third-order valence-corrected chi connectivity index (χ3v) is 3.73. The number of benzene rings is 1. The molecule has 0 aliphatic rings. The molecular weight excluding hydrogens is 242 g/mol. The van der Waals surface area contributed by atoms with E-state index in [1.165, 1.54) is 11.8 Å². The normalized spacial score (nSPS) is 12.2. The highest BCUT2D eigenvalue weighted by molar-refractivity contribution is 8.00. The SMILES string of the molecule is CC[C@H](C)NC(=O)CSc1ccccc1Cl. The lowest BCUT2D eigenvalue weighted by Crippen LogP contribution is -2.33. The lowest BCUT2D eigenvalue weighted by molar-refractivity contribution is -0.119. The molecule has 16 heavy (non-hydrogen) atoms. The second kappa shape index (κ2) is 6.81. The molecule has 0 unspecified atom stereocenters.